The molecule has 0 radical (unpaired) electrons. The summed E-state index contributed by atoms with van der Waals surface area (Å²) in [6.07, 6.45) is 1.41. The Labute approximate surface area is 194 Å². The molecule has 0 fully saturated rings. The van der Waals surface area contributed by atoms with Gasteiger partial charge in [0.2, 0.25) is 15.9 Å². The van der Waals surface area contributed by atoms with E-state index >= 15 is 0 Å². The van der Waals surface area contributed by atoms with Gasteiger partial charge >= 0.3 is 0 Å². The SMILES string of the molecule is CC(C)c1cccc(C(C)C)c1NC(=O)CN(Cc1ccco1)S(=O)(=O)c1ccccc1F. The number of amides is 1. The van der Waals surface area contributed by atoms with Crippen molar-refractivity contribution in [3.05, 3.63) is 83.6 Å². The monoisotopic (exact) mass is 472 g/mol. The largest absolute Gasteiger partial charge is 0.468 e. The highest BCUT2D eigenvalue weighted by molar-refractivity contribution is 7.89. The van der Waals surface area contributed by atoms with Crippen LogP contribution in [0.5, 0.6) is 0 Å². The fourth-order valence-electron chi connectivity index (χ4n) is 3.63. The highest BCUT2D eigenvalue weighted by atomic mass is 32.2. The summed E-state index contributed by atoms with van der Waals surface area (Å²) in [4.78, 5) is 12.6. The lowest BCUT2D eigenvalue weighted by molar-refractivity contribution is -0.116. The van der Waals surface area contributed by atoms with E-state index in [4.69, 9.17) is 4.42 Å². The van der Waals surface area contributed by atoms with E-state index in [2.05, 4.69) is 5.32 Å². The van der Waals surface area contributed by atoms with Crippen LogP contribution < -0.4 is 5.32 Å². The van der Waals surface area contributed by atoms with E-state index in [1.165, 1.54) is 24.5 Å². The predicted molar refractivity (Wildman–Crippen MR) is 126 cm³/mol. The van der Waals surface area contributed by atoms with Gasteiger partial charge in [-0.1, -0.05) is 58.0 Å². The molecule has 6 nitrogen and oxygen atoms in total. The van der Waals surface area contributed by atoms with Crippen LogP contribution in [-0.4, -0.2) is 25.2 Å². The van der Waals surface area contributed by atoms with Crippen LogP contribution in [0.4, 0.5) is 10.1 Å². The number of sulfonamides is 1. The maximum absolute atomic E-state index is 14.4. The van der Waals surface area contributed by atoms with Crippen molar-refractivity contribution in [1.29, 1.82) is 0 Å². The Morgan fingerprint density at radius 1 is 0.970 bits per heavy atom. The first-order chi connectivity index (χ1) is 15.6. The number of carbonyl (C=O) groups excluding carboxylic acids is 1. The first kappa shape index (κ1) is 24.7. The third-order valence-corrected chi connectivity index (χ3v) is 7.15. The molecule has 0 unspecified atom stereocenters. The van der Waals surface area contributed by atoms with E-state index in [-0.39, 0.29) is 18.4 Å². The molecule has 0 saturated carbocycles. The van der Waals surface area contributed by atoms with Gasteiger partial charge in [0.1, 0.15) is 16.5 Å². The fourth-order valence-corrected chi connectivity index (χ4v) is 5.06. The summed E-state index contributed by atoms with van der Waals surface area (Å²) in [5.41, 5.74) is 2.61. The number of nitrogens with zero attached hydrogens (tertiary/aromatic N) is 1. The first-order valence-electron chi connectivity index (χ1n) is 10.8. The molecule has 3 aromatic rings. The average molecular weight is 473 g/mol. The number of hydrogen-bond acceptors (Lipinski definition) is 4. The zero-order valence-electron chi connectivity index (χ0n) is 19.2. The molecule has 1 heterocycles. The average Bonchev–Trinajstić information content (AvgIpc) is 3.26. The molecule has 8 heteroatoms. The summed E-state index contributed by atoms with van der Waals surface area (Å²) >= 11 is 0. The molecule has 176 valence electrons. The third kappa shape index (κ3) is 5.69. The second kappa shape index (κ2) is 10.3. The van der Waals surface area contributed by atoms with Crippen molar-refractivity contribution in [3.8, 4) is 0 Å². The fraction of sp³-hybridized carbons (Fsp3) is 0.320. The Balaban J connectivity index is 1.95. The van der Waals surface area contributed by atoms with Crippen molar-refractivity contribution < 1.29 is 22.0 Å². The minimum absolute atomic E-state index is 0.153. The number of nitrogens with one attached hydrogen (secondary N) is 1. The summed E-state index contributed by atoms with van der Waals surface area (Å²) in [5.74, 6) is -0.750. The Hall–Kier alpha value is -2.97. The molecule has 0 aliphatic heterocycles. The van der Waals surface area contributed by atoms with Gasteiger partial charge in [-0.15, -0.1) is 0 Å². The molecule has 0 bridgehead atoms. The van der Waals surface area contributed by atoms with Crippen LogP contribution in [0.2, 0.25) is 0 Å². The first-order valence-corrected chi connectivity index (χ1v) is 12.2. The standard InChI is InChI=1S/C25H29FN2O4S/c1-17(2)20-10-7-11-21(18(3)4)25(20)27-24(29)16-28(15-19-9-8-14-32-19)33(30,31)23-13-6-5-12-22(23)26/h5-14,17-18H,15-16H2,1-4H3,(H,27,29). The summed E-state index contributed by atoms with van der Waals surface area (Å²) in [7, 11) is -4.31. The number of hydrogen-bond donors (Lipinski definition) is 1. The lowest BCUT2D eigenvalue weighted by Gasteiger charge is -2.23. The number of rotatable bonds is 9. The van der Waals surface area contributed by atoms with Crippen LogP contribution in [0.15, 0.2) is 70.2 Å². The van der Waals surface area contributed by atoms with Crippen molar-refractivity contribution >= 4 is 21.6 Å². The smallest absolute Gasteiger partial charge is 0.246 e. The van der Waals surface area contributed by atoms with Crippen LogP contribution in [0.25, 0.3) is 0 Å². The zero-order chi connectivity index (χ0) is 24.2. The van der Waals surface area contributed by atoms with Crippen molar-refractivity contribution in [2.24, 2.45) is 0 Å². The van der Waals surface area contributed by atoms with E-state index in [0.717, 1.165) is 21.5 Å². The number of halogens is 1. The quantitative estimate of drug-likeness (QED) is 0.446. The van der Waals surface area contributed by atoms with Gasteiger partial charge in [-0.05, 0) is 47.2 Å². The zero-order valence-corrected chi connectivity index (χ0v) is 20.0. The number of anilines is 1. The molecule has 1 aromatic heterocycles. The van der Waals surface area contributed by atoms with Gasteiger partial charge < -0.3 is 9.73 Å². The molecule has 0 saturated heterocycles. The Morgan fingerprint density at radius 3 is 2.15 bits per heavy atom. The predicted octanol–water partition coefficient (Wildman–Crippen LogP) is 5.50. The van der Waals surface area contributed by atoms with E-state index in [1.54, 1.807) is 12.1 Å². The molecule has 3 rings (SSSR count). The van der Waals surface area contributed by atoms with Crippen LogP contribution >= 0.6 is 0 Å². The van der Waals surface area contributed by atoms with Crippen molar-refractivity contribution in [2.45, 2.75) is 51.0 Å². The second-order valence-corrected chi connectivity index (χ2v) is 10.4. The molecule has 0 atom stereocenters. The summed E-state index contributed by atoms with van der Waals surface area (Å²) in [6.45, 7) is 7.41. The number of para-hydroxylation sites is 1. The summed E-state index contributed by atoms with van der Waals surface area (Å²) in [6, 6.07) is 14.2. The Bertz CT molecular complexity index is 1180. The Morgan fingerprint density at radius 2 is 1.61 bits per heavy atom. The highest BCUT2D eigenvalue weighted by Gasteiger charge is 2.30. The number of furan rings is 1. The van der Waals surface area contributed by atoms with Crippen LogP contribution in [-0.2, 0) is 21.4 Å². The molecular weight excluding hydrogens is 443 g/mol. The van der Waals surface area contributed by atoms with Gasteiger partial charge in [0.05, 0.1) is 19.4 Å². The second-order valence-electron chi connectivity index (χ2n) is 8.45. The molecule has 1 amide bonds. The third-order valence-electron chi connectivity index (χ3n) is 5.32. The maximum Gasteiger partial charge on any atom is 0.246 e. The normalized spacial score (nSPS) is 12.0. The van der Waals surface area contributed by atoms with Crippen LogP contribution in [0.1, 0.15) is 56.4 Å². The maximum atomic E-state index is 14.4. The topological polar surface area (TPSA) is 79.6 Å². The molecule has 33 heavy (non-hydrogen) atoms. The molecule has 0 aliphatic carbocycles. The Kier molecular flexibility index (Phi) is 7.71. The van der Waals surface area contributed by atoms with Gasteiger partial charge in [0, 0.05) is 5.69 Å². The number of benzene rings is 2. The highest BCUT2D eigenvalue weighted by Crippen LogP contribution is 2.32. The van der Waals surface area contributed by atoms with Crippen LogP contribution in [0.3, 0.4) is 0 Å². The van der Waals surface area contributed by atoms with E-state index < -0.39 is 33.2 Å². The van der Waals surface area contributed by atoms with Crippen molar-refractivity contribution in [2.75, 3.05) is 11.9 Å². The molecule has 0 aliphatic rings. The molecule has 2 aromatic carbocycles. The number of carbonyl (C=O) groups is 1. The lowest BCUT2D eigenvalue weighted by atomic mass is 9.92. The molecule has 0 spiro atoms. The molecular formula is C25H29FN2O4S. The van der Waals surface area contributed by atoms with E-state index in [1.807, 2.05) is 45.9 Å². The lowest BCUT2D eigenvalue weighted by Crippen LogP contribution is -2.38. The van der Waals surface area contributed by atoms with E-state index in [9.17, 15) is 17.6 Å². The summed E-state index contributed by atoms with van der Waals surface area (Å²) < 4.78 is 47.1. The minimum atomic E-state index is -4.31. The van der Waals surface area contributed by atoms with Gasteiger partial charge in [0.25, 0.3) is 0 Å². The van der Waals surface area contributed by atoms with Gasteiger partial charge in [-0.3, -0.25) is 4.79 Å². The summed E-state index contributed by atoms with van der Waals surface area (Å²) in [5, 5.41) is 2.92. The van der Waals surface area contributed by atoms with Gasteiger partial charge in [-0.25, -0.2) is 12.8 Å². The minimum Gasteiger partial charge on any atom is -0.468 e. The van der Waals surface area contributed by atoms with Crippen LogP contribution in [0, 0.1) is 5.82 Å². The van der Waals surface area contributed by atoms with Gasteiger partial charge in [0.15, 0.2) is 0 Å². The molecule has 1 N–H and O–H groups in total. The van der Waals surface area contributed by atoms with Gasteiger partial charge in [-0.2, -0.15) is 4.31 Å². The van der Waals surface area contributed by atoms with Crippen molar-refractivity contribution in [1.82, 2.24) is 4.31 Å². The van der Waals surface area contributed by atoms with Crippen molar-refractivity contribution in [3.63, 3.8) is 0 Å². The van der Waals surface area contributed by atoms with E-state index in [0.29, 0.717) is 11.4 Å².